The molecule has 1 aromatic heterocycles. The Bertz CT molecular complexity index is 971. The lowest BCUT2D eigenvalue weighted by Crippen LogP contribution is -2.16. The summed E-state index contributed by atoms with van der Waals surface area (Å²) in [7, 11) is 0. The summed E-state index contributed by atoms with van der Waals surface area (Å²) in [5.41, 5.74) is 1.80. The minimum Gasteiger partial charge on any atom is -0.321 e. The van der Waals surface area contributed by atoms with Gasteiger partial charge in [0.1, 0.15) is 5.69 Å². The Balaban J connectivity index is 1.70. The first-order chi connectivity index (χ1) is 13.3. The van der Waals surface area contributed by atoms with Crippen LogP contribution in [-0.4, -0.2) is 16.8 Å². The van der Waals surface area contributed by atoms with Crippen molar-refractivity contribution in [2.24, 2.45) is 0 Å². The van der Waals surface area contributed by atoms with Crippen molar-refractivity contribution in [2.45, 2.75) is 0 Å². The third-order valence-electron chi connectivity index (χ3n) is 3.62. The third kappa shape index (κ3) is 5.28. The van der Waals surface area contributed by atoms with Crippen molar-refractivity contribution in [3.63, 3.8) is 0 Å². The number of aromatic nitrogens is 1. The van der Waals surface area contributed by atoms with Crippen LogP contribution in [-0.2, 0) is 0 Å². The van der Waals surface area contributed by atoms with Crippen LogP contribution in [0.15, 0.2) is 72.6 Å². The number of carbonyl (C=O) groups is 2. The van der Waals surface area contributed by atoms with Crippen LogP contribution in [0.2, 0.25) is 0 Å². The highest BCUT2D eigenvalue weighted by Crippen LogP contribution is 2.27. The van der Waals surface area contributed by atoms with Gasteiger partial charge in [-0.25, -0.2) is 0 Å². The Labute approximate surface area is 194 Å². The van der Waals surface area contributed by atoms with Gasteiger partial charge in [-0.2, -0.15) is 0 Å². The topological polar surface area (TPSA) is 71.1 Å². The molecule has 0 aliphatic heterocycles. The number of amides is 2. The molecule has 28 heavy (non-hydrogen) atoms. The molecular formula is C19H11Br4N3O2. The maximum absolute atomic E-state index is 12.4. The molecule has 0 aliphatic carbocycles. The van der Waals surface area contributed by atoms with Gasteiger partial charge in [0.15, 0.2) is 0 Å². The molecule has 1 heterocycles. The number of hydrogen-bond acceptors (Lipinski definition) is 3. The first-order valence-electron chi connectivity index (χ1n) is 7.82. The molecule has 0 spiro atoms. The second kappa shape index (κ2) is 9.30. The van der Waals surface area contributed by atoms with Crippen LogP contribution in [0.1, 0.15) is 20.8 Å². The highest BCUT2D eigenvalue weighted by atomic mass is 79.9. The molecule has 2 aromatic carbocycles. The summed E-state index contributed by atoms with van der Waals surface area (Å²) in [6.45, 7) is 0. The van der Waals surface area contributed by atoms with E-state index < -0.39 is 0 Å². The SMILES string of the molecule is O=C(Nc1ccc(Br)cc1Br)c1ccc(C(=O)Nc2ccc(Br)cc2Br)nc1. The fraction of sp³-hybridized carbons (Fsp3) is 0. The van der Waals surface area contributed by atoms with Crippen LogP contribution in [0.4, 0.5) is 11.4 Å². The van der Waals surface area contributed by atoms with E-state index in [1.165, 1.54) is 12.3 Å². The quantitative estimate of drug-likeness (QED) is 0.339. The molecule has 0 fully saturated rings. The molecule has 3 aromatic rings. The van der Waals surface area contributed by atoms with E-state index >= 15 is 0 Å². The lowest BCUT2D eigenvalue weighted by molar-refractivity contribution is 0.101. The molecule has 0 unspecified atom stereocenters. The van der Waals surface area contributed by atoms with Gasteiger partial charge in [0.05, 0.1) is 16.9 Å². The van der Waals surface area contributed by atoms with Crippen molar-refractivity contribution in [2.75, 3.05) is 10.6 Å². The van der Waals surface area contributed by atoms with E-state index in [-0.39, 0.29) is 17.5 Å². The zero-order valence-electron chi connectivity index (χ0n) is 14.0. The molecule has 2 N–H and O–H groups in total. The third-order valence-corrected chi connectivity index (χ3v) is 5.92. The molecule has 0 atom stereocenters. The van der Waals surface area contributed by atoms with Crippen LogP contribution < -0.4 is 10.6 Å². The van der Waals surface area contributed by atoms with Crippen LogP contribution in [0.5, 0.6) is 0 Å². The summed E-state index contributed by atoms with van der Waals surface area (Å²) in [5.74, 6) is -0.691. The molecule has 142 valence electrons. The monoisotopic (exact) mass is 629 g/mol. The van der Waals surface area contributed by atoms with Gasteiger partial charge in [-0.15, -0.1) is 0 Å². The molecule has 0 saturated carbocycles. The minimum absolute atomic E-state index is 0.205. The van der Waals surface area contributed by atoms with Gasteiger partial charge in [0, 0.05) is 24.1 Å². The average Bonchev–Trinajstić information content (AvgIpc) is 2.66. The van der Waals surface area contributed by atoms with Gasteiger partial charge in [-0.05, 0) is 80.4 Å². The molecule has 5 nitrogen and oxygen atoms in total. The predicted octanol–water partition coefficient (Wildman–Crippen LogP) is 6.64. The first kappa shape index (κ1) is 21.2. The van der Waals surface area contributed by atoms with E-state index in [1.807, 2.05) is 24.3 Å². The zero-order valence-corrected chi connectivity index (χ0v) is 20.3. The molecule has 3 rings (SSSR count). The number of carbonyl (C=O) groups excluding carboxylic acids is 2. The number of rotatable bonds is 4. The molecule has 9 heteroatoms. The average molecular weight is 633 g/mol. The molecule has 0 bridgehead atoms. The Kier molecular flexibility index (Phi) is 7.03. The lowest BCUT2D eigenvalue weighted by Gasteiger charge is -2.09. The van der Waals surface area contributed by atoms with Crippen molar-refractivity contribution in [3.05, 3.63) is 83.9 Å². The number of benzene rings is 2. The van der Waals surface area contributed by atoms with E-state index in [1.54, 1.807) is 18.2 Å². The molecule has 2 amide bonds. The van der Waals surface area contributed by atoms with E-state index in [9.17, 15) is 9.59 Å². The fourth-order valence-electron chi connectivity index (χ4n) is 2.23. The number of hydrogen-bond donors (Lipinski definition) is 2. The smallest absolute Gasteiger partial charge is 0.274 e. The number of anilines is 2. The number of nitrogens with one attached hydrogen (secondary N) is 2. The van der Waals surface area contributed by atoms with Crippen LogP contribution in [0.3, 0.4) is 0 Å². The second-order valence-electron chi connectivity index (χ2n) is 5.59. The van der Waals surface area contributed by atoms with E-state index in [0.717, 1.165) is 17.9 Å². The summed E-state index contributed by atoms with van der Waals surface area (Å²) in [4.78, 5) is 28.9. The van der Waals surface area contributed by atoms with Crippen molar-refractivity contribution in [1.29, 1.82) is 0 Å². The summed E-state index contributed by atoms with van der Waals surface area (Å²) in [5, 5.41) is 5.57. The van der Waals surface area contributed by atoms with Gasteiger partial charge < -0.3 is 10.6 Å². The van der Waals surface area contributed by atoms with Crippen LogP contribution in [0.25, 0.3) is 0 Å². The van der Waals surface area contributed by atoms with Crippen LogP contribution in [0, 0.1) is 0 Å². The van der Waals surface area contributed by atoms with Crippen molar-refractivity contribution >= 4 is 86.9 Å². The van der Waals surface area contributed by atoms with Gasteiger partial charge in [0.25, 0.3) is 11.8 Å². The van der Waals surface area contributed by atoms with Crippen molar-refractivity contribution < 1.29 is 9.59 Å². The van der Waals surface area contributed by atoms with Crippen LogP contribution >= 0.6 is 63.7 Å². The standard InChI is InChI=1S/C19H11Br4N3O2/c20-11-2-5-15(13(22)7-11)25-18(27)10-1-4-17(24-9-10)19(28)26-16-6-3-12(21)8-14(16)23/h1-9H,(H,25,27)(H,26,28). The highest BCUT2D eigenvalue weighted by molar-refractivity contribution is 9.11. The van der Waals surface area contributed by atoms with Crippen molar-refractivity contribution in [1.82, 2.24) is 4.98 Å². The Morgan fingerprint density at radius 2 is 1.25 bits per heavy atom. The number of nitrogens with zero attached hydrogens (tertiary/aromatic N) is 1. The van der Waals surface area contributed by atoms with Gasteiger partial charge >= 0.3 is 0 Å². The molecule has 0 radical (unpaired) electrons. The molecular weight excluding hydrogens is 622 g/mol. The van der Waals surface area contributed by atoms with Gasteiger partial charge in [-0.3, -0.25) is 14.6 Å². The van der Waals surface area contributed by atoms with E-state index in [2.05, 4.69) is 79.3 Å². The Morgan fingerprint density at radius 1 is 0.714 bits per heavy atom. The molecule has 0 saturated heterocycles. The molecule has 0 aliphatic rings. The summed E-state index contributed by atoms with van der Waals surface area (Å²) in [6.07, 6.45) is 1.37. The predicted molar refractivity (Wildman–Crippen MR) is 124 cm³/mol. The van der Waals surface area contributed by atoms with Gasteiger partial charge in [-0.1, -0.05) is 31.9 Å². The van der Waals surface area contributed by atoms with E-state index in [4.69, 9.17) is 0 Å². The number of halogens is 4. The minimum atomic E-state index is -0.370. The Morgan fingerprint density at radius 3 is 1.71 bits per heavy atom. The largest absolute Gasteiger partial charge is 0.321 e. The lowest BCUT2D eigenvalue weighted by atomic mass is 10.2. The fourth-order valence-corrected chi connectivity index (χ4v) is 4.52. The first-order valence-corrected chi connectivity index (χ1v) is 11.0. The Hall–Kier alpha value is -1.55. The summed E-state index contributed by atoms with van der Waals surface area (Å²) >= 11 is 13.5. The normalized spacial score (nSPS) is 10.4. The number of pyridine rings is 1. The van der Waals surface area contributed by atoms with E-state index in [0.29, 0.717) is 16.9 Å². The zero-order chi connectivity index (χ0) is 20.3. The maximum atomic E-state index is 12.4. The maximum Gasteiger partial charge on any atom is 0.274 e. The second-order valence-corrected chi connectivity index (χ2v) is 9.13. The van der Waals surface area contributed by atoms with Gasteiger partial charge in [0.2, 0.25) is 0 Å². The summed E-state index contributed by atoms with van der Waals surface area (Å²) < 4.78 is 3.28. The summed E-state index contributed by atoms with van der Waals surface area (Å²) in [6, 6.07) is 13.9. The van der Waals surface area contributed by atoms with Crippen molar-refractivity contribution in [3.8, 4) is 0 Å². The highest BCUT2D eigenvalue weighted by Gasteiger charge is 2.13.